The summed E-state index contributed by atoms with van der Waals surface area (Å²) in [5.74, 6) is 0.276. The molecule has 3 nitrogen and oxygen atoms in total. The molecule has 1 fully saturated rings. The first-order chi connectivity index (χ1) is 9.29. The minimum absolute atomic E-state index is 0.276. The molecule has 3 heteroatoms. The predicted molar refractivity (Wildman–Crippen MR) is 77.8 cm³/mol. The Balaban J connectivity index is 1.81. The van der Waals surface area contributed by atoms with Gasteiger partial charge < -0.3 is 9.80 Å². The quantitative estimate of drug-likeness (QED) is 0.784. The maximum Gasteiger partial charge on any atom is 0.224 e. The fraction of sp³-hybridized carbons (Fsp3) is 0.562. The largest absolute Gasteiger partial charge is 0.339 e. The van der Waals surface area contributed by atoms with Crippen LogP contribution in [-0.2, 0) is 11.3 Å². The summed E-state index contributed by atoms with van der Waals surface area (Å²) in [6.45, 7) is 6.82. The summed E-state index contributed by atoms with van der Waals surface area (Å²) in [6.07, 6.45) is 3.23. The molecule has 0 N–H and O–H groups in total. The molecule has 19 heavy (non-hydrogen) atoms. The van der Waals surface area contributed by atoms with Crippen molar-refractivity contribution in [2.75, 3.05) is 26.2 Å². The van der Waals surface area contributed by atoms with Gasteiger partial charge in [-0.15, -0.1) is 0 Å². The van der Waals surface area contributed by atoms with E-state index in [1.54, 1.807) is 0 Å². The van der Waals surface area contributed by atoms with Crippen molar-refractivity contribution in [1.82, 2.24) is 9.80 Å². The maximum atomic E-state index is 12.2. The van der Waals surface area contributed by atoms with E-state index in [9.17, 15) is 4.79 Å². The molecule has 1 saturated heterocycles. The standard InChI is InChI=1S/C16H24N2O/c1-2-18(14-15-8-4-3-5-9-15)16(19)10-13-17-11-6-7-12-17/h3-5,8-9H,2,6-7,10-14H2,1H3. The zero-order valence-electron chi connectivity index (χ0n) is 11.8. The molecule has 1 aromatic rings. The summed E-state index contributed by atoms with van der Waals surface area (Å²) < 4.78 is 0. The van der Waals surface area contributed by atoms with Gasteiger partial charge in [0.2, 0.25) is 5.91 Å². The van der Waals surface area contributed by atoms with E-state index in [1.165, 1.54) is 18.4 Å². The first-order valence-electron chi connectivity index (χ1n) is 7.33. The highest BCUT2D eigenvalue weighted by Gasteiger charge is 2.16. The van der Waals surface area contributed by atoms with Gasteiger partial charge in [-0.2, -0.15) is 0 Å². The average Bonchev–Trinajstić information content (AvgIpc) is 2.96. The van der Waals surface area contributed by atoms with Crippen molar-refractivity contribution >= 4 is 5.91 Å². The maximum absolute atomic E-state index is 12.2. The summed E-state index contributed by atoms with van der Waals surface area (Å²) in [7, 11) is 0. The Labute approximate surface area is 116 Å². The highest BCUT2D eigenvalue weighted by Crippen LogP contribution is 2.10. The Bertz CT molecular complexity index is 385. The highest BCUT2D eigenvalue weighted by atomic mass is 16.2. The van der Waals surface area contributed by atoms with E-state index in [2.05, 4.69) is 24.0 Å². The minimum atomic E-state index is 0.276. The van der Waals surface area contributed by atoms with Crippen molar-refractivity contribution in [3.8, 4) is 0 Å². The second-order valence-electron chi connectivity index (χ2n) is 5.19. The first kappa shape index (κ1) is 14.1. The molecule has 1 aromatic carbocycles. The van der Waals surface area contributed by atoms with E-state index < -0.39 is 0 Å². The lowest BCUT2D eigenvalue weighted by atomic mass is 10.2. The van der Waals surface area contributed by atoms with Gasteiger partial charge >= 0.3 is 0 Å². The van der Waals surface area contributed by atoms with Crippen LogP contribution < -0.4 is 0 Å². The normalized spacial score (nSPS) is 15.6. The van der Waals surface area contributed by atoms with Crippen molar-refractivity contribution in [3.63, 3.8) is 0 Å². The fourth-order valence-electron chi connectivity index (χ4n) is 2.60. The van der Waals surface area contributed by atoms with E-state index in [0.717, 1.165) is 32.7 Å². The smallest absolute Gasteiger partial charge is 0.224 e. The number of carbonyl (C=O) groups excluding carboxylic acids is 1. The molecule has 0 spiro atoms. The van der Waals surface area contributed by atoms with Gasteiger partial charge in [-0.25, -0.2) is 0 Å². The fourth-order valence-corrected chi connectivity index (χ4v) is 2.60. The van der Waals surface area contributed by atoms with Crippen molar-refractivity contribution in [2.45, 2.75) is 32.7 Å². The molecule has 0 radical (unpaired) electrons. The summed E-state index contributed by atoms with van der Waals surface area (Å²) >= 11 is 0. The third kappa shape index (κ3) is 4.35. The van der Waals surface area contributed by atoms with E-state index >= 15 is 0 Å². The highest BCUT2D eigenvalue weighted by molar-refractivity contribution is 5.76. The number of nitrogens with zero attached hydrogens (tertiary/aromatic N) is 2. The molecular formula is C16H24N2O. The van der Waals surface area contributed by atoms with Crippen molar-refractivity contribution in [2.24, 2.45) is 0 Å². The summed E-state index contributed by atoms with van der Waals surface area (Å²) in [5, 5.41) is 0. The van der Waals surface area contributed by atoms with Crippen molar-refractivity contribution in [3.05, 3.63) is 35.9 Å². The second kappa shape index (κ2) is 7.29. The predicted octanol–water partition coefficient (Wildman–Crippen LogP) is 2.52. The molecule has 2 rings (SSSR count). The molecule has 0 bridgehead atoms. The van der Waals surface area contributed by atoms with Crippen LogP contribution in [0.1, 0.15) is 31.7 Å². The minimum Gasteiger partial charge on any atom is -0.339 e. The Morgan fingerprint density at radius 2 is 1.89 bits per heavy atom. The first-order valence-corrected chi connectivity index (χ1v) is 7.33. The summed E-state index contributed by atoms with van der Waals surface area (Å²) in [4.78, 5) is 16.6. The van der Waals surface area contributed by atoms with Gasteiger partial charge in [-0.05, 0) is 38.4 Å². The van der Waals surface area contributed by atoms with Crippen LogP contribution in [0.15, 0.2) is 30.3 Å². The summed E-state index contributed by atoms with van der Waals surface area (Å²) in [5.41, 5.74) is 1.21. The molecule has 0 aromatic heterocycles. The molecule has 1 heterocycles. The number of hydrogen-bond acceptors (Lipinski definition) is 2. The molecule has 0 unspecified atom stereocenters. The molecular weight excluding hydrogens is 236 g/mol. The van der Waals surface area contributed by atoms with Gasteiger partial charge in [-0.3, -0.25) is 4.79 Å². The van der Waals surface area contributed by atoms with Crippen LogP contribution in [0.2, 0.25) is 0 Å². The Morgan fingerprint density at radius 1 is 1.21 bits per heavy atom. The van der Waals surface area contributed by atoms with Crippen LogP contribution in [0.25, 0.3) is 0 Å². The van der Waals surface area contributed by atoms with Crippen LogP contribution in [-0.4, -0.2) is 41.9 Å². The van der Waals surface area contributed by atoms with E-state index in [-0.39, 0.29) is 5.91 Å². The number of rotatable bonds is 6. The number of carbonyl (C=O) groups is 1. The topological polar surface area (TPSA) is 23.6 Å². The van der Waals surface area contributed by atoms with Crippen molar-refractivity contribution < 1.29 is 4.79 Å². The van der Waals surface area contributed by atoms with Gasteiger partial charge in [-0.1, -0.05) is 30.3 Å². The van der Waals surface area contributed by atoms with Crippen LogP contribution in [0.4, 0.5) is 0 Å². The van der Waals surface area contributed by atoms with Crippen LogP contribution >= 0.6 is 0 Å². The van der Waals surface area contributed by atoms with E-state index in [4.69, 9.17) is 0 Å². The molecule has 1 aliphatic heterocycles. The molecule has 0 aliphatic carbocycles. The molecule has 0 saturated carbocycles. The number of amides is 1. The number of hydrogen-bond donors (Lipinski definition) is 0. The molecule has 104 valence electrons. The Morgan fingerprint density at radius 3 is 2.53 bits per heavy atom. The Hall–Kier alpha value is -1.35. The van der Waals surface area contributed by atoms with Gasteiger partial charge in [0.15, 0.2) is 0 Å². The third-order valence-corrected chi connectivity index (χ3v) is 3.79. The van der Waals surface area contributed by atoms with Gasteiger partial charge in [0, 0.05) is 26.1 Å². The van der Waals surface area contributed by atoms with E-state index in [0.29, 0.717) is 6.42 Å². The van der Waals surface area contributed by atoms with Gasteiger partial charge in [0.05, 0.1) is 0 Å². The van der Waals surface area contributed by atoms with Crippen molar-refractivity contribution in [1.29, 1.82) is 0 Å². The number of benzene rings is 1. The average molecular weight is 260 g/mol. The Kier molecular flexibility index (Phi) is 5.40. The van der Waals surface area contributed by atoms with Crippen LogP contribution in [0, 0.1) is 0 Å². The third-order valence-electron chi connectivity index (χ3n) is 3.79. The van der Waals surface area contributed by atoms with Gasteiger partial charge in [0.25, 0.3) is 0 Å². The second-order valence-corrected chi connectivity index (χ2v) is 5.19. The van der Waals surface area contributed by atoms with E-state index in [1.807, 2.05) is 23.1 Å². The lowest BCUT2D eigenvalue weighted by Gasteiger charge is -2.22. The van der Waals surface area contributed by atoms with Crippen LogP contribution in [0.3, 0.4) is 0 Å². The summed E-state index contributed by atoms with van der Waals surface area (Å²) in [6, 6.07) is 10.2. The lowest BCUT2D eigenvalue weighted by Crippen LogP contribution is -2.33. The zero-order chi connectivity index (χ0) is 13.5. The molecule has 1 aliphatic rings. The SMILES string of the molecule is CCN(Cc1ccccc1)C(=O)CCN1CCCC1. The van der Waals surface area contributed by atoms with Gasteiger partial charge in [0.1, 0.15) is 0 Å². The lowest BCUT2D eigenvalue weighted by molar-refractivity contribution is -0.131. The molecule has 1 amide bonds. The number of likely N-dealkylation sites (tertiary alicyclic amines) is 1. The monoisotopic (exact) mass is 260 g/mol. The molecule has 0 atom stereocenters. The zero-order valence-corrected chi connectivity index (χ0v) is 11.8. The van der Waals surface area contributed by atoms with Crippen LogP contribution in [0.5, 0.6) is 0 Å².